The summed E-state index contributed by atoms with van der Waals surface area (Å²) in [6, 6.07) is 12.3. The van der Waals surface area contributed by atoms with Crippen molar-refractivity contribution in [3.8, 4) is 0 Å². The first-order valence-electron chi connectivity index (χ1n) is 11.1. The predicted molar refractivity (Wildman–Crippen MR) is 136 cm³/mol. The first-order chi connectivity index (χ1) is 16.4. The molecule has 34 heavy (non-hydrogen) atoms. The Morgan fingerprint density at radius 3 is 2.74 bits per heavy atom. The molecule has 2 amide bonds. The molecular weight excluding hydrogens is 493 g/mol. The fourth-order valence-electron chi connectivity index (χ4n) is 4.06. The van der Waals surface area contributed by atoms with Crippen LogP contribution >= 0.6 is 35.0 Å². The molecule has 10 heteroatoms. The van der Waals surface area contributed by atoms with E-state index in [1.807, 2.05) is 41.5 Å². The second-order valence-electron chi connectivity index (χ2n) is 8.02. The molecule has 0 saturated carbocycles. The number of likely N-dealkylation sites (tertiary alicyclic amines) is 1. The number of thioether (sulfide) groups is 1. The Bertz CT molecular complexity index is 1220. The van der Waals surface area contributed by atoms with Crippen LogP contribution in [0.4, 0.5) is 5.69 Å². The lowest BCUT2D eigenvalue weighted by atomic mass is 10.1. The fraction of sp³-hybridized carbons (Fsp3) is 0.333. The van der Waals surface area contributed by atoms with Crippen LogP contribution in [0.3, 0.4) is 0 Å². The van der Waals surface area contributed by atoms with Crippen molar-refractivity contribution in [2.24, 2.45) is 0 Å². The van der Waals surface area contributed by atoms with Gasteiger partial charge in [0.05, 0.1) is 22.4 Å². The maximum Gasteiger partial charge on any atom is 0.255 e. The average Bonchev–Trinajstić information content (AvgIpc) is 3.46. The van der Waals surface area contributed by atoms with Gasteiger partial charge in [-0.2, -0.15) is 0 Å². The Kier molecular flexibility index (Phi) is 7.80. The van der Waals surface area contributed by atoms with Gasteiger partial charge in [-0.05, 0) is 56.5 Å². The monoisotopic (exact) mass is 517 g/mol. The number of benzene rings is 2. The summed E-state index contributed by atoms with van der Waals surface area (Å²) in [7, 11) is 0. The van der Waals surface area contributed by atoms with Crippen molar-refractivity contribution in [3.63, 3.8) is 0 Å². The van der Waals surface area contributed by atoms with E-state index in [4.69, 9.17) is 23.2 Å². The molecule has 4 rings (SSSR count). The van der Waals surface area contributed by atoms with Crippen molar-refractivity contribution < 1.29 is 9.59 Å². The van der Waals surface area contributed by atoms with Gasteiger partial charge in [-0.15, -0.1) is 10.2 Å². The zero-order chi connectivity index (χ0) is 24.2. The second kappa shape index (κ2) is 10.8. The molecule has 1 saturated heterocycles. The van der Waals surface area contributed by atoms with Crippen LogP contribution < -0.4 is 5.32 Å². The smallest absolute Gasteiger partial charge is 0.255 e. The van der Waals surface area contributed by atoms with E-state index < -0.39 is 0 Å². The number of nitrogens with one attached hydrogen (secondary N) is 1. The molecule has 3 aromatic rings. The number of hydrogen-bond acceptors (Lipinski definition) is 5. The van der Waals surface area contributed by atoms with Crippen LogP contribution in [0.25, 0.3) is 0 Å². The number of carbonyl (C=O) groups excluding carboxylic acids is 2. The van der Waals surface area contributed by atoms with Crippen LogP contribution in [0.5, 0.6) is 0 Å². The second-order valence-corrected chi connectivity index (χ2v) is 9.80. The summed E-state index contributed by atoms with van der Waals surface area (Å²) in [5.41, 5.74) is 2.11. The molecule has 2 aromatic carbocycles. The van der Waals surface area contributed by atoms with Crippen molar-refractivity contribution in [2.75, 3.05) is 17.6 Å². The number of anilines is 1. The van der Waals surface area contributed by atoms with Crippen LogP contribution in [-0.2, 0) is 11.3 Å². The summed E-state index contributed by atoms with van der Waals surface area (Å²) in [6.45, 7) is 5.18. The molecule has 1 aliphatic rings. The van der Waals surface area contributed by atoms with Crippen LogP contribution in [0.2, 0.25) is 10.0 Å². The summed E-state index contributed by atoms with van der Waals surface area (Å²) in [5, 5.41) is 13.3. The van der Waals surface area contributed by atoms with E-state index in [0.717, 1.165) is 24.2 Å². The van der Waals surface area contributed by atoms with E-state index in [9.17, 15) is 9.59 Å². The summed E-state index contributed by atoms with van der Waals surface area (Å²) in [6.07, 6.45) is 1.68. The van der Waals surface area contributed by atoms with Gasteiger partial charge in [-0.25, -0.2) is 0 Å². The highest BCUT2D eigenvalue weighted by atomic mass is 35.5. The number of hydrogen-bond donors (Lipinski definition) is 1. The third-order valence-electron chi connectivity index (χ3n) is 5.78. The highest BCUT2D eigenvalue weighted by Gasteiger charge is 2.35. The first kappa shape index (κ1) is 24.6. The lowest BCUT2D eigenvalue weighted by molar-refractivity contribution is -0.113. The van der Waals surface area contributed by atoms with Gasteiger partial charge in [-0.3, -0.25) is 9.59 Å². The van der Waals surface area contributed by atoms with E-state index in [-0.39, 0.29) is 23.6 Å². The maximum absolute atomic E-state index is 13.2. The standard InChI is InChI=1S/C24H25Cl2N5O2S/c1-3-30-22(20-9-6-12-31(20)23(33)17-7-4-5-8-18(17)26)28-29-24(30)34-14-21(32)27-19-13-16(25)11-10-15(19)2/h4-5,7-8,10-11,13,20H,3,6,9,12,14H2,1-2H3,(H,27,32). The van der Waals surface area contributed by atoms with Gasteiger partial charge in [0.15, 0.2) is 11.0 Å². The zero-order valence-corrected chi connectivity index (χ0v) is 21.3. The van der Waals surface area contributed by atoms with Gasteiger partial charge in [0.1, 0.15) is 0 Å². The molecule has 1 aliphatic heterocycles. The minimum atomic E-state index is -0.187. The van der Waals surface area contributed by atoms with Crippen LogP contribution in [0.15, 0.2) is 47.6 Å². The zero-order valence-electron chi connectivity index (χ0n) is 18.9. The molecule has 1 aromatic heterocycles. The minimum Gasteiger partial charge on any atom is -0.328 e. The van der Waals surface area contributed by atoms with Crippen molar-refractivity contribution in [3.05, 3.63) is 69.5 Å². The molecule has 0 spiro atoms. The number of aryl methyl sites for hydroxylation is 1. The molecule has 2 heterocycles. The fourth-order valence-corrected chi connectivity index (χ4v) is 5.26. The summed E-state index contributed by atoms with van der Waals surface area (Å²) >= 11 is 13.6. The number of rotatable bonds is 7. The van der Waals surface area contributed by atoms with Crippen molar-refractivity contribution in [1.29, 1.82) is 0 Å². The summed E-state index contributed by atoms with van der Waals surface area (Å²) in [4.78, 5) is 27.6. The Morgan fingerprint density at radius 2 is 1.97 bits per heavy atom. The van der Waals surface area contributed by atoms with Gasteiger partial charge in [0.2, 0.25) is 5.91 Å². The highest BCUT2D eigenvalue weighted by Crippen LogP contribution is 2.35. The molecule has 1 fully saturated rings. The number of amides is 2. The number of carbonyl (C=O) groups is 2. The van der Waals surface area contributed by atoms with E-state index in [1.54, 1.807) is 24.3 Å². The first-order valence-corrected chi connectivity index (χ1v) is 12.8. The largest absolute Gasteiger partial charge is 0.328 e. The molecule has 1 unspecified atom stereocenters. The molecule has 1 atom stereocenters. The Morgan fingerprint density at radius 1 is 1.18 bits per heavy atom. The Hall–Kier alpha value is -2.55. The van der Waals surface area contributed by atoms with E-state index >= 15 is 0 Å². The quantitative estimate of drug-likeness (QED) is 0.411. The number of halogens is 2. The van der Waals surface area contributed by atoms with Crippen LogP contribution in [0.1, 0.15) is 47.6 Å². The van der Waals surface area contributed by atoms with Gasteiger partial charge in [0, 0.05) is 23.8 Å². The average molecular weight is 518 g/mol. The normalized spacial score (nSPS) is 15.5. The number of nitrogens with zero attached hydrogens (tertiary/aromatic N) is 4. The third kappa shape index (κ3) is 5.24. The van der Waals surface area contributed by atoms with Gasteiger partial charge in [-0.1, -0.05) is 53.2 Å². The van der Waals surface area contributed by atoms with Crippen molar-refractivity contribution in [1.82, 2.24) is 19.7 Å². The van der Waals surface area contributed by atoms with Gasteiger partial charge >= 0.3 is 0 Å². The lowest BCUT2D eigenvalue weighted by Crippen LogP contribution is -2.32. The summed E-state index contributed by atoms with van der Waals surface area (Å²) < 4.78 is 1.98. The molecule has 1 N–H and O–H groups in total. The molecule has 0 bridgehead atoms. The molecule has 0 aliphatic carbocycles. The molecular formula is C24H25Cl2N5O2S. The molecule has 178 valence electrons. The maximum atomic E-state index is 13.2. The van der Waals surface area contributed by atoms with E-state index in [2.05, 4.69) is 15.5 Å². The molecule has 0 radical (unpaired) electrons. The Labute approximate surface area is 212 Å². The lowest BCUT2D eigenvalue weighted by Gasteiger charge is -2.25. The van der Waals surface area contributed by atoms with Crippen molar-refractivity contribution in [2.45, 2.75) is 44.4 Å². The highest BCUT2D eigenvalue weighted by molar-refractivity contribution is 7.99. The molecule has 7 nitrogen and oxygen atoms in total. The topological polar surface area (TPSA) is 80.1 Å². The van der Waals surface area contributed by atoms with Crippen LogP contribution in [-0.4, -0.2) is 43.8 Å². The van der Waals surface area contributed by atoms with E-state index in [1.165, 1.54) is 11.8 Å². The number of aromatic nitrogens is 3. The van der Waals surface area contributed by atoms with Crippen LogP contribution in [0, 0.1) is 6.92 Å². The van der Waals surface area contributed by atoms with E-state index in [0.29, 0.717) is 39.5 Å². The SMILES string of the molecule is CCn1c(SCC(=O)Nc2cc(Cl)ccc2C)nnc1C1CCCN1C(=O)c1ccccc1Cl. The van der Waals surface area contributed by atoms with Crippen molar-refractivity contribution >= 4 is 52.5 Å². The summed E-state index contributed by atoms with van der Waals surface area (Å²) in [5.74, 6) is 0.647. The minimum absolute atomic E-state index is 0.107. The Balaban J connectivity index is 1.47. The van der Waals surface area contributed by atoms with Gasteiger partial charge < -0.3 is 14.8 Å². The third-order valence-corrected chi connectivity index (χ3v) is 7.32. The van der Waals surface area contributed by atoms with Gasteiger partial charge in [0.25, 0.3) is 5.91 Å². The predicted octanol–water partition coefficient (Wildman–Crippen LogP) is 5.62.